The molecule has 0 aromatic carbocycles. The van der Waals surface area contributed by atoms with Crippen LogP contribution in [0.2, 0.25) is 0 Å². The predicted octanol–water partition coefficient (Wildman–Crippen LogP) is 1.75. The van der Waals surface area contributed by atoms with Gasteiger partial charge in [0, 0.05) is 6.54 Å². The number of hydrogen-bond donors (Lipinski definition) is 0. The Bertz CT molecular complexity index is 157. The Morgan fingerprint density at radius 1 is 1.31 bits per heavy atom. The van der Waals surface area contributed by atoms with Crippen molar-refractivity contribution in [1.82, 2.24) is 4.90 Å². The van der Waals surface area contributed by atoms with Gasteiger partial charge in [-0.2, -0.15) is 0 Å². The van der Waals surface area contributed by atoms with Gasteiger partial charge in [0.1, 0.15) is 0 Å². The highest BCUT2D eigenvalue weighted by molar-refractivity contribution is 4.79. The number of likely N-dealkylation sites (tertiary alicyclic amines) is 1. The van der Waals surface area contributed by atoms with Crippen molar-refractivity contribution >= 4 is 0 Å². The van der Waals surface area contributed by atoms with E-state index in [2.05, 4.69) is 18.7 Å². The van der Waals surface area contributed by atoms with E-state index in [4.69, 9.17) is 4.74 Å². The summed E-state index contributed by atoms with van der Waals surface area (Å²) in [7, 11) is 0. The molecule has 13 heavy (non-hydrogen) atoms. The van der Waals surface area contributed by atoms with Crippen LogP contribution in [0.25, 0.3) is 0 Å². The molecule has 2 heteroatoms. The zero-order valence-electron chi connectivity index (χ0n) is 8.83. The zero-order chi connectivity index (χ0) is 9.26. The summed E-state index contributed by atoms with van der Waals surface area (Å²) < 4.78 is 5.24. The second kappa shape index (κ2) is 3.97. The Morgan fingerprint density at radius 2 is 1.92 bits per heavy atom. The fraction of sp³-hybridized carbons (Fsp3) is 1.00. The molecule has 2 aliphatic heterocycles. The number of rotatable bonds is 3. The summed E-state index contributed by atoms with van der Waals surface area (Å²) in [5, 5.41) is 0. The van der Waals surface area contributed by atoms with Crippen LogP contribution < -0.4 is 0 Å². The Labute approximate surface area is 81.3 Å². The molecule has 0 saturated carbocycles. The van der Waals surface area contributed by atoms with Crippen LogP contribution in [-0.4, -0.2) is 37.2 Å². The average molecular weight is 183 g/mol. The highest BCUT2D eigenvalue weighted by Gasteiger charge is 2.28. The molecule has 0 amide bonds. The van der Waals surface area contributed by atoms with Crippen molar-refractivity contribution in [2.75, 3.05) is 26.2 Å². The number of hydrogen-bond acceptors (Lipinski definition) is 2. The first-order chi connectivity index (χ1) is 6.25. The first kappa shape index (κ1) is 9.47. The Hall–Kier alpha value is -0.0800. The van der Waals surface area contributed by atoms with Gasteiger partial charge in [-0.15, -0.1) is 0 Å². The molecule has 0 bridgehead atoms. The standard InChI is InChI=1S/C11H21NO/c1-9(2)10-3-5-12(6-4-10)7-11-8-13-11/h9-11H,3-8H2,1-2H3. The van der Waals surface area contributed by atoms with Gasteiger partial charge in [0.05, 0.1) is 12.7 Å². The van der Waals surface area contributed by atoms with Crippen molar-refractivity contribution in [2.45, 2.75) is 32.8 Å². The minimum absolute atomic E-state index is 0.579. The fourth-order valence-electron chi connectivity index (χ4n) is 2.26. The van der Waals surface area contributed by atoms with Crippen LogP contribution in [0.4, 0.5) is 0 Å². The monoisotopic (exact) mass is 183 g/mol. The zero-order valence-corrected chi connectivity index (χ0v) is 8.83. The first-order valence-corrected chi connectivity index (χ1v) is 5.59. The molecule has 2 rings (SSSR count). The average Bonchev–Trinajstić information content (AvgIpc) is 2.89. The highest BCUT2D eigenvalue weighted by Crippen LogP contribution is 2.25. The van der Waals surface area contributed by atoms with Crippen molar-refractivity contribution in [1.29, 1.82) is 0 Å². The summed E-state index contributed by atoms with van der Waals surface area (Å²) in [5.41, 5.74) is 0. The van der Waals surface area contributed by atoms with Crippen molar-refractivity contribution in [3.05, 3.63) is 0 Å². The van der Waals surface area contributed by atoms with Crippen LogP contribution in [0.1, 0.15) is 26.7 Å². The van der Waals surface area contributed by atoms with E-state index >= 15 is 0 Å². The number of nitrogens with zero attached hydrogens (tertiary/aromatic N) is 1. The maximum absolute atomic E-state index is 5.24. The molecule has 0 aliphatic carbocycles. The molecule has 1 unspecified atom stereocenters. The van der Waals surface area contributed by atoms with E-state index in [-0.39, 0.29) is 0 Å². The molecular weight excluding hydrogens is 162 g/mol. The molecule has 0 radical (unpaired) electrons. The van der Waals surface area contributed by atoms with E-state index in [1.54, 1.807) is 0 Å². The predicted molar refractivity (Wildman–Crippen MR) is 53.7 cm³/mol. The van der Waals surface area contributed by atoms with Crippen molar-refractivity contribution in [2.24, 2.45) is 11.8 Å². The van der Waals surface area contributed by atoms with Gasteiger partial charge in [0.2, 0.25) is 0 Å². The normalized spacial score (nSPS) is 31.2. The van der Waals surface area contributed by atoms with E-state index < -0.39 is 0 Å². The third kappa shape index (κ3) is 2.68. The molecule has 0 aromatic rings. The van der Waals surface area contributed by atoms with Gasteiger partial charge in [-0.1, -0.05) is 13.8 Å². The fourth-order valence-corrected chi connectivity index (χ4v) is 2.26. The van der Waals surface area contributed by atoms with Gasteiger partial charge in [-0.05, 0) is 37.8 Å². The van der Waals surface area contributed by atoms with Crippen molar-refractivity contribution < 1.29 is 4.74 Å². The Balaban J connectivity index is 1.69. The molecule has 2 nitrogen and oxygen atoms in total. The van der Waals surface area contributed by atoms with Crippen molar-refractivity contribution in [3.63, 3.8) is 0 Å². The van der Waals surface area contributed by atoms with Crippen LogP contribution in [0.5, 0.6) is 0 Å². The second-order valence-electron chi connectivity index (χ2n) is 4.84. The lowest BCUT2D eigenvalue weighted by molar-refractivity contribution is 0.148. The molecule has 0 spiro atoms. The Morgan fingerprint density at radius 3 is 2.38 bits per heavy atom. The second-order valence-corrected chi connectivity index (χ2v) is 4.84. The highest BCUT2D eigenvalue weighted by atomic mass is 16.6. The van der Waals surface area contributed by atoms with Gasteiger partial charge in [0.25, 0.3) is 0 Å². The van der Waals surface area contributed by atoms with Gasteiger partial charge in [-0.3, -0.25) is 0 Å². The van der Waals surface area contributed by atoms with E-state index in [9.17, 15) is 0 Å². The summed E-state index contributed by atoms with van der Waals surface area (Å²) >= 11 is 0. The van der Waals surface area contributed by atoms with E-state index in [0.29, 0.717) is 6.10 Å². The molecule has 1 atom stereocenters. The minimum Gasteiger partial charge on any atom is -0.372 e. The lowest BCUT2D eigenvalue weighted by Crippen LogP contribution is -2.37. The quantitative estimate of drug-likeness (QED) is 0.620. The maximum Gasteiger partial charge on any atom is 0.0936 e. The van der Waals surface area contributed by atoms with Gasteiger partial charge >= 0.3 is 0 Å². The Kier molecular flexibility index (Phi) is 2.89. The van der Waals surface area contributed by atoms with Crippen LogP contribution in [-0.2, 0) is 4.74 Å². The summed E-state index contributed by atoms with van der Waals surface area (Å²) in [6.45, 7) is 9.48. The van der Waals surface area contributed by atoms with Crippen LogP contribution in [0.3, 0.4) is 0 Å². The first-order valence-electron chi connectivity index (χ1n) is 5.59. The lowest BCUT2D eigenvalue weighted by Gasteiger charge is -2.33. The maximum atomic E-state index is 5.24. The minimum atomic E-state index is 0.579. The molecule has 76 valence electrons. The largest absolute Gasteiger partial charge is 0.372 e. The topological polar surface area (TPSA) is 15.8 Å². The third-order valence-corrected chi connectivity index (χ3v) is 3.44. The molecule has 2 heterocycles. The molecule has 2 saturated heterocycles. The molecular formula is C11H21NO. The molecule has 2 aliphatic rings. The molecule has 2 fully saturated rings. The van der Waals surface area contributed by atoms with E-state index in [1.165, 1.54) is 32.5 Å². The smallest absolute Gasteiger partial charge is 0.0936 e. The van der Waals surface area contributed by atoms with Gasteiger partial charge in [0.15, 0.2) is 0 Å². The SMILES string of the molecule is CC(C)C1CCN(CC2CO2)CC1. The summed E-state index contributed by atoms with van der Waals surface area (Å²) in [6, 6.07) is 0. The summed E-state index contributed by atoms with van der Waals surface area (Å²) in [6.07, 6.45) is 3.37. The van der Waals surface area contributed by atoms with E-state index in [0.717, 1.165) is 18.4 Å². The van der Waals surface area contributed by atoms with Crippen LogP contribution >= 0.6 is 0 Å². The number of epoxide rings is 1. The van der Waals surface area contributed by atoms with Gasteiger partial charge in [-0.25, -0.2) is 0 Å². The third-order valence-electron chi connectivity index (χ3n) is 3.44. The van der Waals surface area contributed by atoms with Crippen molar-refractivity contribution in [3.8, 4) is 0 Å². The van der Waals surface area contributed by atoms with Crippen LogP contribution in [0.15, 0.2) is 0 Å². The number of ether oxygens (including phenoxy) is 1. The van der Waals surface area contributed by atoms with Gasteiger partial charge < -0.3 is 9.64 Å². The molecule has 0 aromatic heterocycles. The summed E-state index contributed by atoms with van der Waals surface area (Å²) in [4.78, 5) is 2.57. The molecule has 0 N–H and O–H groups in total. The lowest BCUT2D eigenvalue weighted by atomic mass is 9.87. The number of piperidine rings is 1. The summed E-state index contributed by atoms with van der Waals surface area (Å²) in [5.74, 6) is 1.84. The van der Waals surface area contributed by atoms with Crippen LogP contribution in [0, 0.1) is 11.8 Å². The van der Waals surface area contributed by atoms with E-state index in [1.807, 2.05) is 0 Å².